The van der Waals surface area contributed by atoms with Crippen molar-refractivity contribution in [1.82, 2.24) is 9.80 Å². The van der Waals surface area contributed by atoms with Crippen molar-refractivity contribution in [3.05, 3.63) is 0 Å². The summed E-state index contributed by atoms with van der Waals surface area (Å²) in [6, 6.07) is 0. The lowest BCUT2D eigenvalue weighted by Crippen LogP contribution is -2.66. The van der Waals surface area contributed by atoms with Gasteiger partial charge < -0.3 is 4.90 Å². The van der Waals surface area contributed by atoms with E-state index >= 15 is 0 Å². The Bertz CT molecular complexity index is 116. The van der Waals surface area contributed by atoms with E-state index in [1.807, 2.05) is 0 Å². The molecule has 0 unspecified atom stereocenters. The molecule has 0 aromatic carbocycles. The van der Waals surface area contributed by atoms with Gasteiger partial charge in [-0.1, -0.05) is 6.92 Å². The molecule has 0 aliphatic carbocycles. The van der Waals surface area contributed by atoms with Gasteiger partial charge in [0.1, 0.15) is 0 Å². The summed E-state index contributed by atoms with van der Waals surface area (Å²) >= 11 is 0. The number of hydrogen-bond donors (Lipinski definition) is 0. The van der Waals surface area contributed by atoms with E-state index in [1.54, 1.807) is 0 Å². The second-order valence-electron chi connectivity index (χ2n) is 3.68. The molecule has 60 valence electrons. The topological polar surface area (TPSA) is 6.48 Å². The van der Waals surface area contributed by atoms with E-state index in [9.17, 15) is 0 Å². The summed E-state index contributed by atoms with van der Waals surface area (Å²) in [5.41, 5.74) is 0.462. The molecule has 1 saturated heterocycles. The Morgan fingerprint density at radius 3 is 2.30 bits per heavy atom. The molecule has 0 bridgehead atoms. The number of likely N-dealkylation sites (tertiary alicyclic amines) is 1. The van der Waals surface area contributed by atoms with Crippen LogP contribution in [0.2, 0.25) is 0 Å². The van der Waals surface area contributed by atoms with Crippen molar-refractivity contribution in [2.24, 2.45) is 0 Å². The zero-order valence-corrected chi connectivity index (χ0v) is 7.52. The molecule has 0 radical (unpaired) electrons. The molecule has 0 spiro atoms. The van der Waals surface area contributed by atoms with Gasteiger partial charge in [-0.25, -0.2) is 0 Å². The summed E-state index contributed by atoms with van der Waals surface area (Å²) in [5.74, 6) is 0. The lowest BCUT2D eigenvalue weighted by atomic mass is 9.91. The van der Waals surface area contributed by atoms with Gasteiger partial charge in [-0.05, 0) is 27.6 Å². The third-order valence-electron chi connectivity index (χ3n) is 2.62. The molecule has 1 fully saturated rings. The molecule has 1 aliphatic rings. The molecular formula is C8H18N2. The van der Waals surface area contributed by atoms with Gasteiger partial charge >= 0.3 is 0 Å². The largest absolute Gasteiger partial charge is 0.303 e. The Kier molecular flexibility index (Phi) is 2.02. The predicted octanol–water partition coefficient (Wildman–Crippen LogP) is 0.642. The van der Waals surface area contributed by atoms with E-state index in [-0.39, 0.29) is 0 Å². The highest BCUT2D eigenvalue weighted by Gasteiger charge is 2.38. The van der Waals surface area contributed by atoms with Crippen LogP contribution in [-0.4, -0.2) is 49.1 Å². The summed E-state index contributed by atoms with van der Waals surface area (Å²) in [5, 5.41) is 0. The van der Waals surface area contributed by atoms with E-state index in [1.165, 1.54) is 13.1 Å². The van der Waals surface area contributed by atoms with Crippen LogP contribution in [0.5, 0.6) is 0 Å². The van der Waals surface area contributed by atoms with Crippen molar-refractivity contribution in [2.45, 2.75) is 19.4 Å². The lowest BCUT2D eigenvalue weighted by molar-refractivity contribution is -0.0101. The van der Waals surface area contributed by atoms with Crippen molar-refractivity contribution < 1.29 is 0 Å². The first kappa shape index (κ1) is 8.02. The Hall–Kier alpha value is -0.0800. The molecule has 10 heavy (non-hydrogen) atoms. The van der Waals surface area contributed by atoms with Crippen molar-refractivity contribution in [1.29, 1.82) is 0 Å². The minimum absolute atomic E-state index is 0.462. The molecular weight excluding hydrogens is 124 g/mol. The van der Waals surface area contributed by atoms with E-state index in [2.05, 4.69) is 37.7 Å². The van der Waals surface area contributed by atoms with Crippen molar-refractivity contribution >= 4 is 0 Å². The van der Waals surface area contributed by atoms with Gasteiger partial charge in [0.15, 0.2) is 0 Å². The maximum absolute atomic E-state index is 2.42. The van der Waals surface area contributed by atoms with Crippen molar-refractivity contribution in [3.63, 3.8) is 0 Å². The fraction of sp³-hybridized carbons (Fsp3) is 1.00. The summed E-state index contributed by atoms with van der Waals surface area (Å²) in [6.45, 7) is 8.14. The van der Waals surface area contributed by atoms with Crippen LogP contribution >= 0.6 is 0 Å². The Morgan fingerprint density at radius 2 is 2.00 bits per heavy atom. The number of hydrogen-bond acceptors (Lipinski definition) is 2. The molecule has 1 rings (SSSR count). The Morgan fingerprint density at radius 1 is 1.50 bits per heavy atom. The fourth-order valence-corrected chi connectivity index (χ4v) is 1.74. The quantitative estimate of drug-likeness (QED) is 0.558. The first-order valence-corrected chi connectivity index (χ1v) is 3.98. The molecule has 1 heterocycles. The molecule has 2 heteroatoms. The number of rotatable bonds is 2. The summed E-state index contributed by atoms with van der Waals surface area (Å²) in [7, 11) is 4.37. The normalized spacial score (nSPS) is 24.9. The molecule has 0 atom stereocenters. The van der Waals surface area contributed by atoms with E-state index in [0.717, 1.165) is 6.54 Å². The first-order chi connectivity index (χ1) is 4.58. The van der Waals surface area contributed by atoms with E-state index in [4.69, 9.17) is 0 Å². The van der Waals surface area contributed by atoms with Gasteiger partial charge in [0.2, 0.25) is 0 Å². The summed E-state index contributed by atoms with van der Waals surface area (Å²) < 4.78 is 0. The zero-order chi connectivity index (χ0) is 7.78. The number of likely N-dealkylation sites (N-methyl/N-ethyl adjacent to an activating group) is 2. The zero-order valence-electron chi connectivity index (χ0n) is 7.52. The third kappa shape index (κ3) is 1.18. The minimum atomic E-state index is 0.462. The van der Waals surface area contributed by atoms with Gasteiger partial charge in [0.05, 0.1) is 0 Å². The minimum Gasteiger partial charge on any atom is -0.303 e. The average molecular weight is 142 g/mol. The second kappa shape index (κ2) is 2.51. The highest BCUT2D eigenvalue weighted by atomic mass is 15.3. The average Bonchev–Trinajstić information content (AvgIpc) is 1.83. The molecule has 0 saturated carbocycles. The van der Waals surface area contributed by atoms with Gasteiger partial charge in [-0.2, -0.15) is 0 Å². The number of nitrogens with zero attached hydrogens (tertiary/aromatic N) is 2. The van der Waals surface area contributed by atoms with Gasteiger partial charge in [-0.3, -0.25) is 4.90 Å². The van der Waals surface area contributed by atoms with Crippen LogP contribution in [0, 0.1) is 0 Å². The third-order valence-corrected chi connectivity index (χ3v) is 2.62. The molecule has 1 aliphatic heterocycles. The molecule has 0 aromatic rings. The fourth-order valence-electron chi connectivity index (χ4n) is 1.74. The van der Waals surface area contributed by atoms with Crippen molar-refractivity contribution in [2.75, 3.05) is 33.7 Å². The highest BCUT2D eigenvalue weighted by Crippen LogP contribution is 2.23. The van der Waals surface area contributed by atoms with E-state index in [0.29, 0.717) is 5.54 Å². The van der Waals surface area contributed by atoms with Crippen LogP contribution in [0.1, 0.15) is 13.8 Å². The maximum Gasteiger partial charge on any atom is 0.0431 e. The lowest BCUT2D eigenvalue weighted by Gasteiger charge is -2.51. The highest BCUT2D eigenvalue weighted by molar-refractivity contribution is 4.97. The van der Waals surface area contributed by atoms with Crippen molar-refractivity contribution in [3.8, 4) is 0 Å². The predicted molar refractivity (Wildman–Crippen MR) is 44.2 cm³/mol. The molecule has 0 N–H and O–H groups in total. The van der Waals surface area contributed by atoms with Crippen LogP contribution in [0.3, 0.4) is 0 Å². The Labute approximate surface area is 63.8 Å². The van der Waals surface area contributed by atoms with Crippen LogP contribution < -0.4 is 0 Å². The van der Waals surface area contributed by atoms with Crippen LogP contribution in [0.4, 0.5) is 0 Å². The molecule has 0 amide bonds. The SMILES string of the molecule is CCN(C)C1(C)CN(C)C1. The first-order valence-electron chi connectivity index (χ1n) is 3.98. The van der Waals surface area contributed by atoms with Gasteiger partial charge in [0, 0.05) is 18.6 Å². The second-order valence-corrected chi connectivity index (χ2v) is 3.68. The monoisotopic (exact) mass is 142 g/mol. The van der Waals surface area contributed by atoms with Gasteiger partial charge in [0.25, 0.3) is 0 Å². The maximum atomic E-state index is 2.42. The van der Waals surface area contributed by atoms with Crippen LogP contribution in [-0.2, 0) is 0 Å². The standard InChI is InChI=1S/C8H18N2/c1-5-10(4)8(2)6-9(3)7-8/h5-7H2,1-4H3. The summed E-state index contributed by atoms with van der Waals surface area (Å²) in [4.78, 5) is 4.78. The molecule has 0 aromatic heterocycles. The molecule has 2 nitrogen and oxygen atoms in total. The van der Waals surface area contributed by atoms with Crippen LogP contribution in [0.25, 0.3) is 0 Å². The summed E-state index contributed by atoms with van der Waals surface area (Å²) in [6.07, 6.45) is 0. The smallest absolute Gasteiger partial charge is 0.0431 e. The van der Waals surface area contributed by atoms with Crippen LogP contribution in [0.15, 0.2) is 0 Å². The Balaban J connectivity index is 2.40. The van der Waals surface area contributed by atoms with Gasteiger partial charge in [-0.15, -0.1) is 0 Å². The van der Waals surface area contributed by atoms with E-state index < -0.39 is 0 Å².